The second-order valence-electron chi connectivity index (χ2n) is 8.59. The largest absolute Gasteiger partial charge is 0.399 e. The number of hydrogen-bond acceptors (Lipinski definition) is 4. The van der Waals surface area contributed by atoms with Crippen molar-refractivity contribution in [2.75, 3.05) is 24.1 Å². The molecule has 1 amide bonds. The van der Waals surface area contributed by atoms with Gasteiger partial charge < -0.3 is 16.0 Å². The SMILES string of the molecule is CC(=O)N1CC=C(c2ccc3nc(C)cc(N[C@H](C)c4cc(N)cc(C)c4F)c3c2)CC1. The molecule has 1 atom stereocenters. The molecule has 2 aromatic carbocycles. The minimum atomic E-state index is -0.274. The number of fused-ring (bicyclic) bond motifs is 1. The zero-order chi connectivity index (χ0) is 23.0. The molecule has 0 unspecified atom stereocenters. The highest BCUT2D eigenvalue weighted by molar-refractivity contribution is 5.94. The summed E-state index contributed by atoms with van der Waals surface area (Å²) in [4.78, 5) is 18.1. The number of benzene rings is 2. The van der Waals surface area contributed by atoms with Gasteiger partial charge in [0.25, 0.3) is 0 Å². The molecule has 3 N–H and O–H groups in total. The highest BCUT2D eigenvalue weighted by Crippen LogP contribution is 2.32. The first-order valence-electron chi connectivity index (χ1n) is 10.9. The fourth-order valence-electron chi connectivity index (χ4n) is 4.35. The van der Waals surface area contributed by atoms with Crippen LogP contribution in [0.4, 0.5) is 15.8 Å². The van der Waals surface area contributed by atoms with Gasteiger partial charge in [0.05, 0.1) is 11.6 Å². The Morgan fingerprint density at radius 2 is 2.00 bits per heavy atom. The zero-order valence-electron chi connectivity index (χ0n) is 19.0. The van der Waals surface area contributed by atoms with Crippen LogP contribution in [0.2, 0.25) is 0 Å². The lowest BCUT2D eigenvalue weighted by Crippen LogP contribution is -2.32. The van der Waals surface area contributed by atoms with Crippen LogP contribution >= 0.6 is 0 Å². The molecule has 0 saturated heterocycles. The number of carbonyl (C=O) groups is 1. The van der Waals surface area contributed by atoms with E-state index in [0.29, 0.717) is 23.4 Å². The average Bonchev–Trinajstić information content (AvgIpc) is 2.76. The predicted molar refractivity (Wildman–Crippen MR) is 129 cm³/mol. The van der Waals surface area contributed by atoms with E-state index in [1.807, 2.05) is 30.9 Å². The van der Waals surface area contributed by atoms with E-state index >= 15 is 0 Å². The number of nitrogens with one attached hydrogen (secondary N) is 1. The standard InChI is InChI=1S/C26H29FN4O/c1-15-11-21(28)14-22(26(15)27)17(3)30-25-12-16(2)29-24-6-5-20(13-23(24)25)19-7-9-31(10-8-19)18(4)32/h5-7,11-14,17H,8-10,28H2,1-4H3,(H,29,30)/t17-/m1/s1. The van der Waals surface area contributed by atoms with Gasteiger partial charge in [-0.3, -0.25) is 9.78 Å². The van der Waals surface area contributed by atoms with Crippen molar-refractivity contribution >= 4 is 33.8 Å². The van der Waals surface area contributed by atoms with Crippen LogP contribution in [0.25, 0.3) is 16.5 Å². The molecular weight excluding hydrogens is 403 g/mol. The third kappa shape index (κ3) is 4.31. The average molecular weight is 433 g/mol. The summed E-state index contributed by atoms with van der Waals surface area (Å²) in [6, 6.07) is 11.3. The van der Waals surface area contributed by atoms with Crippen LogP contribution in [0.5, 0.6) is 0 Å². The Labute approximate surface area is 188 Å². The second kappa shape index (κ2) is 8.61. The van der Waals surface area contributed by atoms with E-state index in [-0.39, 0.29) is 17.8 Å². The summed E-state index contributed by atoms with van der Waals surface area (Å²) >= 11 is 0. The molecule has 1 aliphatic rings. The summed E-state index contributed by atoms with van der Waals surface area (Å²) in [6.45, 7) is 8.57. The van der Waals surface area contributed by atoms with Gasteiger partial charge in [-0.15, -0.1) is 0 Å². The van der Waals surface area contributed by atoms with Gasteiger partial charge >= 0.3 is 0 Å². The Kier molecular flexibility index (Phi) is 5.87. The van der Waals surface area contributed by atoms with Crippen molar-refractivity contribution in [1.29, 1.82) is 0 Å². The molecule has 0 fully saturated rings. The number of anilines is 2. The maximum absolute atomic E-state index is 14.8. The number of nitrogens with two attached hydrogens (primary N) is 1. The molecule has 6 heteroatoms. The van der Waals surface area contributed by atoms with E-state index in [2.05, 4.69) is 28.5 Å². The summed E-state index contributed by atoms with van der Waals surface area (Å²) in [5.41, 5.74) is 12.6. The molecule has 166 valence electrons. The number of nitrogens with zero attached hydrogens (tertiary/aromatic N) is 2. The summed E-state index contributed by atoms with van der Waals surface area (Å²) in [7, 11) is 0. The van der Waals surface area contributed by atoms with Crippen molar-refractivity contribution in [3.8, 4) is 0 Å². The molecule has 0 spiro atoms. The fourth-order valence-corrected chi connectivity index (χ4v) is 4.35. The quantitative estimate of drug-likeness (QED) is 0.543. The first-order chi connectivity index (χ1) is 15.2. The monoisotopic (exact) mass is 432 g/mol. The van der Waals surface area contributed by atoms with Crippen molar-refractivity contribution in [2.45, 2.75) is 40.2 Å². The van der Waals surface area contributed by atoms with E-state index < -0.39 is 0 Å². The van der Waals surface area contributed by atoms with Crippen molar-refractivity contribution in [2.24, 2.45) is 0 Å². The van der Waals surface area contributed by atoms with Crippen LogP contribution in [0.3, 0.4) is 0 Å². The second-order valence-corrected chi connectivity index (χ2v) is 8.59. The number of carbonyl (C=O) groups excluding carboxylic acids is 1. The van der Waals surface area contributed by atoms with Crippen LogP contribution < -0.4 is 11.1 Å². The molecule has 1 aliphatic heterocycles. The highest BCUT2D eigenvalue weighted by atomic mass is 19.1. The molecule has 0 aliphatic carbocycles. The minimum absolute atomic E-state index is 0.1000. The topological polar surface area (TPSA) is 71.2 Å². The van der Waals surface area contributed by atoms with E-state index in [9.17, 15) is 9.18 Å². The van der Waals surface area contributed by atoms with E-state index in [1.54, 1.807) is 26.0 Å². The molecule has 5 nitrogen and oxygen atoms in total. The molecule has 0 saturated carbocycles. The van der Waals surface area contributed by atoms with Gasteiger partial charge in [0.1, 0.15) is 5.82 Å². The lowest BCUT2D eigenvalue weighted by atomic mass is 9.97. The van der Waals surface area contributed by atoms with Gasteiger partial charge in [0.15, 0.2) is 0 Å². The maximum atomic E-state index is 14.8. The van der Waals surface area contributed by atoms with Gasteiger partial charge in [-0.25, -0.2) is 4.39 Å². The number of aromatic nitrogens is 1. The number of nitrogen functional groups attached to an aromatic ring is 1. The summed E-state index contributed by atoms with van der Waals surface area (Å²) in [5, 5.41) is 4.46. The predicted octanol–water partition coefficient (Wildman–Crippen LogP) is 5.38. The van der Waals surface area contributed by atoms with Gasteiger partial charge in [-0.1, -0.05) is 12.1 Å². The third-order valence-electron chi connectivity index (χ3n) is 6.11. The lowest BCUT2D eigenvalue weighted by molar-refractivity contribution is -0.128. The molecular formula is C26H29FN4O. The number of aryl methyl sites for hydroxylation is 2. The number of amides is 1. The van der Waals surface area contributed by atoms with Crippen LogP contribution in [-0.4, -0.2) is 28.9 Å². The van der Waals surface area contributed by atoms with E-state index in [0.717, 1.165) is 40.8 Å². The van der Waals surface area contributed by atoms with Gasteiger partial charge in [-0.05, 0) is 74.2 Å². The van der Waals surface area contributed by atoms with Crippen LogP contribution in [0.1, 0.15) is 48.7 Å². The van der Waals surface area contributed by atoms with Gasteiger partial charge in [-0.2, -0.15) is 0 Å². The van der Waals surface area contributed by atoms with Crippen LogP contribution in [-0.2, 0) is 4.79 Å². The number of pyridine rings is 1. The van der Waals surface area contributed by atoms with E-state index in [4.69, 9.17) is 5.73 Å². The summed E-state index contributed by atoms with van der Waals surface area (Å²) in [6.07, 6.45) is 2.94. The van der Waals surface area contributed by atoms with Gasteiger partial charge in [0.2, 0.25) is 5.91 Å². The lowest BCUT2D eigenvalue weighted by Gasteiger charge is -2.25. The first-order valence-corrected chi connectivity index (χ1v) is 10.9. The Morgan fingerprint density at radius 3 is 2.69 bits per heavy atom. The summed E-state index contributed by atoms with van der Waals surface area (Å²) < 4.78 is 14.8. The smallest absolute Gasteiger partial charge is 0.219 e. The third-order valence-corrected chi connectivity index (χ3v) is 6.11. The van der Waals surface area contributed by atoms with Crippen LogP contribution in [0.15, 0.2) is 42.5 Å². The summed E-state index contributed by atoms with van der Waals surface area (Å²) in [5.74, 6) is -0.139. The van der Waals surface area contributed by atoms with Crippen LogP contribution in [0, 0.1) is 19.7 Å². The maximum Gasteiger partial charge on any atom is 0.219 e. The van der Waals surface area contributed by atoms with Crippen molar-refractivity contribution in [3.63, 3.8) is 0 Å². The van der Waals surface area contributed by atoms with Gasteiger partial charge in [0, 0.05) is 48.0 Å². The first kappa shape index (κ1) is 21.8. The van der Waals surface area contributed by atoms with Crippen molar-refractivity contribution in [1.82, 2.24) is 9.88 Å². The molecule has 0 radical (unpaired) electrons. The Morgan fingerprint density at radius 1 is 1.22 bits per heavy atom. The number of halogens is 1. The Bertz CT molecular complexity index is 1230. The number of rotatable bonds is 4. The Hall–Kier alpha value is -3.41. The minimum Gasteiger partial charge on any atom is -0.399 e. The van der Waals surface area contributed by atoms with Crippen molar-refractivity contribution < 1.29 is 9.18 Å². The Balaban J connectivity index is 1.70. The number of hydrogen-bond donors (Lipinski definition) is 2. The molecule has 2 heterocycles. The molecule has 32 heavy (non-hydrogen) atoms. The molecule has 1 aromatic heterocycles. The normalized spacial score (nSPS) is 14.9. The molecule has 0 bridgehead atoms. The fraction of sp³-hybridized carbons (Fsp3) is 0.308. The zero-order valence-corrected chi connectivity index (χ0v) is 19.0. The van der Waals surface area contributed by atoms with Crippen molar-refractivity contribution in [3.05, 3.63) is 70.7 Å². The van der Waals surface area contributed by atoms with E-state index in [1.165, 1.54) is 5.57 Å². The highest BCUT2D eigenvalue weighted by Gasteiger charge is 2.18. The molecule has 3 aromatic rings. The molecule has 4 rings (SSSR count).